The number of rotatable bonds is 5. The first-order chi connectivity index (χ1) is 16.1. The number of benzene rings is 2. The van der Waals surface area contributed by atoms with Crippen LogP contribution < -0.4 is 10.9 Å². The number of nitrogens with zero attached hydrogens (tertiary/aromatic N) is 3. The van der Waals surface area contributed by atoms with Crippen LogP contribution >= 0.6 is 0 Å². The Labute approximate surface area is 193 Å². The zero-order valence-corrected chi connectivity index (χ0v) is 18.9. The maximum Gasteiger partial charge on any atom is 0.418 e. The van der Waals surface area contributed by atoms with Crippen molar-refractivity contribution in [2.75, 3.05) is 5.32 Å². The lowest BCUT2D eigenvalue weighted by atomic mass is 10.1. The van der Waals surface area contributed by atoms with Crippen molar-refractivity contribution in [2.24, 2.45) is 0 Å². The number of halogens is 3. The number of alkyl halides is 3. The molecule has 0 unspecified atom stereocenters. The van der Waals surface area contributed by atoms with Gasteiger partial charge in [0.05, 0.1) is 22.6 Å². The van der Waals surface area contributed by atoms with E-state index < -0.39 is 29.8 Å². The largest absolute Gasteiger partial charge is 0.418 e. The van der Waals surface area contributed by atoms with Crippen LogP contribution in [0.4, 0.5) is 18.9 Å². The van der Waals surface area contributed by atoms with Crippen molar-refractivity contribution in [2.45, 2.75) is 39.9 Å². The number of aromatic nitrogens is 3. The van der Waals surface area contributed by atoms with Gasteiger partial charge in [-0.1, -0.05) is 36.8 Å². The van der Waals surface area contributed by atoms with Crippen LogP contribution in [-0.4, -0.2) is 20.3 Å². The normalized spacial score (nSPS) is 11.7. The monoisotopic (exact) mass is 468 g/mol. The third kappa shape index (κ3) is 4.33. The van der Waals surface area contributed by atoms with Crippen molar-refractivity contribution in [1.29, 1.82) is 0 Å². The Balaban J connectivity index is 1.82. The van der Waals surface area contributed by atoms with Gasteiger partial charge in [-0.25, -0.2) is 4.68 Å². The summed E-state index contributed by atoms with van der Waals surface area (Å²) in [6, 6.07) is 13.7. The summed E-state index contributed by atoms with van der Waals surface area (Å²) in [6.07, 6.45) is -4.05. The molecule has 4 aromatic rings. The van der Waals surface area contributed by atoms with Crippen molar-refractivity contribution in [1.82, 2.24) is 14.3 Å². The number of hydrogen-bond donors (Lipinski definition) is 1. The van der Waals surface area contributed by atoms with E-state index in [0.717, 1.165) is 22.6 Å². The highest BCUT2D eigenvalue weighted by Gasteiger charge is 2.33. The van der Waals surface area contributed by atoms with Crippen molar-refractivity contribution in [3.8, 4) is 5.69 Å². The minimum atomic E-state index is -4.63. The number of hydrogen-bond acceptors (Lipinski definition) is 3. The molecule has 0 spiro atoms. The van der Waals surface area contributed by atoms with Gasteiger partial charge in [-0.3, -0.25) is 14.2 Å². The van der Waals surface area contributed by atoms with E-state index in [1.54, 1.807) is 4.68 Å². The highest BCUT2D eigenvalue weighted by Crippen LogP contribution is 2.34. The van der Waals surface area contributed by atoms with Gasteiger partial charge in [-0.15, -0.1) is 0 Å². The molecule has 2 aromatic heterocycles. The summed E-state index contributed by atoms with van der Waals surface area (Å²) < 4.78 is 42.9. The molecule has 1 N–H and O–H groups in total. The Morgan fingerprint density at radius 3 is 2.38 bits per heavy atom. The van der Waals surface area contributed by atoms with Crippen molar-refractivity contribution < 1.29 is 18.0 Å². The van der Waals surface area contributed by atoms with Crippen molar-refractivity contribution >= 4 is 22.6 Å². The molecule has 0 aliphatic heterocycles. The number of carbonyl (C=O) groups is 1. The molecular weight excluding hydrogens is 445 g/mol. The summed E-state index contributed by atoms with van der Waals surface area (Å²) in [5.74, 6) is -0.751. The molecule has 2 heterocycles. The van der Waals surface area contributed by atoms with Crippen LogP contribution in [0.25, 0.3) is 16.7 Å². The molecule has 176 valence electrons. The topological polar surface area (TPSA) is 68.9 Å². The quantitative estimate of drug-likeness (QED) is 0.447. The van der Waals surface area contributed by atoms with Crippen LogP contribution in [0, 0.1) is 13.8 Å². The number of fused-ring (bicyclic) bond motifs is 1. The number of nitrogens with one attached hydrogen (secondary N) is 1. The molecule has 34 heavy (non-hydrogen) atoms. The fraction of sp³-hybridized carbons (Fsp3) is 0.240. The standard InChI is InChI=1S/C25H23F3N4O2/c1-4-17-13-22(34)31(14-21(33)29-20-8-6-5-7-19(20)25(26,27)28)24-23(17)16(3)30-32(24)18-11-9-15(2)10-12-18/h5-13H,4,14H2,1-3H3,(H,29,33). The summed E-state index contributed by atoms with van der Waals surface area (Å²) in [5.41, 5.74) is 1.89. The maximum absolute atomic E-state index is 13.3. The zero-order valence-electron chi connectivity index (χ0n) is 18.9. The van der Waals surface area contributed by atoms with Crippen LogP contribution in [0.3, 0.4) is 0 Å². The third-order valence-electron chi connectivity index (χ3n) is 5.64. The number of para-hydroxylation sites is 1. The summed E-state index contributed by atoms with van der Waals surface area (Å²) in [4.78, 5) is 25.9. The molecule has 0 bridgehead atoms. The predicted molar refractivity (Wildman–Crippen MR) is 124 cm³/mol. The summed E-state index contributed by atoms with van der Waals surface area (Å²) in [6.45, 7) is 5.22. The highest BCUT2D eigenvalue weighted by atomic mass is 19.4. The van der Waals surface area contributed by atoms with Crippen LogP contribution in [0.2, 0.25) is 0 Å². The summed E-state index contributed by atoms with van der Waals surface area (Å²) >= 11 is 0. The SMILES string of the molecule is CCc1cc(=O)n(CC(=O)Nc2ccccc2C(F)(F)F)c2c1c(C)nn2-c1ccc(C)cc1. The zero-order chi connectivity index (χ0) is 24.6. The van der Waals surface area contributed by atoms with Gasteiger partial charge in [0, 0.05) is 11.5 Å². The first-order valence-electron chi connectivity index (χ1n) is 10.7. The first-order valence-corrected chi connectivity index (χ1v) is 10.7. The molecule has 2 aromatic carbocycles. The van der Waals surface area contributed by atoms with E-state index in [1.807, 2.05) is 45.0 Å². The number of carbonyl (C=O) groups excluding carboxylic acids is 1. The molecular formula is C25H23F3N4O2. The Hall–Kier alpha value is -3.88. The second-order valence-electron chi connectivity index (χ2n) is 8.07. The molecule has 0 radical (unpaired) electrons. The minimum absolute atomic E-state index is 0.363. The number of amides is 1. The van der Waals surface area contributed by atoms with Gasteiger partial charge in [0.2, 0.25) is 5.91 Å². The van der Waals surface area contributed by atoms with E-state index >= 15 is 0 Å². The number of pyridine rings is 1. The van der Waals surface area contributed by atoms with Crippen molar-refractivity contribution in [3.63, 3.8) is 0 Å². The van der Waals surface area contributed by atoms with Gasteiger partial charge < -0.3 is 5.32 Å². The van der Waals surface area contributed by atoms with Crippen molar-refractivity contribution in [3.05, 3.63) is 87.3 Å². The summed E-state index contributed by atoms with van der Waals surface area (Å²) in [7, 11) is 0. The molecule has 0 atom stereocenters. The number of anilines is 1. The fourth-order valence-electron chi connectivity index (χ4n) is 4.01. The van der Waals surface area contributed by atoms with E-state index in [-0.39, 0.29) is 5.69 Å². The van der Waals surface area contributed by atoms with E-state index in [4.69, 9.17) is 0 Å². The molecule has 0 aliphatic rings. The van der Waals surface area contributed by atoms with Gasteiger partial charge in [-0.05, 0) is 50.1 Å². The van der Waals surface area contributed by atoms with E-state index in [0.29, 0.717) is 23.4 Å². The third-order valence-corrected chi connectivity index (χ3v) is 5.64. The fourth-order valence-corrected chi connectivity index (χ4v) is 4.01. The molecule has 0 fully saturated rings. The lowest BCUT2D eigenvalue weighted by Crippen LogP contribution is -2.29. The predicted octanol–water partition coefficient (Wildman–Crippen LogP) is 5.02. The van der Waals surface area contributed by atoms with Gasteiger partial charge in [0.1, 0.15) is 12.2 Å². The van der Waals surface area contributed by atoms with Crippen LogP contribution in [0.1, 0.15) is 29.3 Å². The molecule has 0 saturated carbocycles. The lowest BCUT2D eigenvalue weighted by Gasteiger charge is -2.15. The minimum Gasteiger partial charge on any atom is -0.324 e. The average Bonchev–Trinajstić information content (AvgIpc) is 3.13. The van der Waals surface area contributed by atoms with Gasteiger partial charge in [0.25, 0.3) is 5.56 Å². The van der Waals surface area contributed by atoms with Gasteiger partial charge >= 0.3 is 6.18 Å². The van der Waals surface area contributed by atoms with E-state index in [9.17, 15) is 22.8 Å². The molecule has 0 saturated heterocycles. The molecule has 1 amide bonds. The molecule has 9 heteroatoms. The average molecular weight is 468 g/mol. The Morgan fingerprint density at radius 2 is 1.74 bits per heavy atom. The molecule has 4 rings (SSSR count). The smallest absolute Gasteiger partial charge is 0.324 e. The lowest BCUT2D eigenvalue weighted by molar-refractivity contribution is -0.137. The second kappa shape index (κ2) is 8.81. The Bertz CT molecular complexity index is 1430. The van der Waals surface area contributed by atoms with Crippen LogP contribution in [0.5, 0.6) is 0 Å². The van der Waals surface area contributed by atoms with E-state index in [2.05, 4.69) is 10.4 Å². The Kier molecular flexibility index (Phi) is 6.03. The number of aryl methyl sites for hydroxylation is 3. The first kappa shape index (κ1) is 23.3. The van der Waals surface area contributed by atoms with Gasteiger partial charge in [-0.2, -0.15) is 18.3 Å². The van der Waals surface area contributed by atoms with Crippen LogP contribution in [-0.2, 0) is 23.9 Å². The second-order valence-corrected chi connectivity index (χ2v) is 8.07. The van der Waals surface area contributed by atoms with E-state index in [1.165, 1.54) is 28.8 Å². The van der Waals surface area contributed by atoms with Gasteiger partial charge in [0.15, 0.2) is 0 Å². The maximum atomic E-state index is 13.3. The summed E-state index contributed by atoms with van der Waals surface area (Å²) in [5, 5.41) is 7.67. The molecule has 0 aliphatic carbocycles. The molecule has 6 nitrogen and oxygen atoms in total. The van der Waals surface area contributed by atoms with Crippen LogP contribution in [0.15, 0.2) is 59.4 Å². The highest BCUT2D eigenvalue weighted by molar-refractivity contribution is 5.93. The Morgan fingerprint density at radius 1 is 1.06 bits per heavy atom.